The van der Waals surface area contributed by atoms with E-state index in [1.165, 1.54) is 0 Å². The zero-order valence-electron chi connectivity index (χ0n) is 13.7. The molecule has 1 aromatic rings. The van der Waals surface area contributed by atoms with Gasteiger partial charge in [0.15, 0.2) is 0 Å². The molecule has 0 amide bonds. The van der Waals surface area contributed by atoms with Gasteiger partial charge in [0.25, 0.3) is 0 Å². The highest BCUT2D eigenvalue weighted by molar-refractivity contribution is 7.89. The fourth-order valence-corrected chi connectivity index (χ4v) is 4.43. The predicted molar refractivity (Wildman–Crippen MR) is 92.4 cm³/mol. The summed E-state index contributed by atoms with van der Waals surface area (Å²) >= 11 is 6.02. The van der Waals surface area contributed by atoms with Gasteiger partial charge in [-0.2, -0.15) is 0 Å². The van der Waals surface area contributed by atoms with Crippen LogP contribution in [0.15, 0.2) is 23.1 Å². The minimum atomic E-state index is -3.51. The Morgan fingerprint density at radius 1 is 1.35 bits per heavy atom. The maximum absolute atomic E-state index is 12.5. The van der Waals surface area contributed by atoms with E-state index in [1.54, 1.807) is 32.2 Å². The monoisotopic (exact) mass is 360 g/mol. The third kappa shape index (κ3) is 5.16. The first-order valence-corrected chi connectivity index (χ1v) is 9.76. The van der Waals surface area contributed by atoms with Crippen LogP contribution in [-0.4, -0.2) is 53.2 Å². The summed E-state index contributed by atoms with van der Waals surface area (Å²) in [5, 5.41) is 0.472. The lowest BCUT2D eigenvalue weighted by molar-refractivity contribution is 0.121. The second kappa shape index (κ2) is 8.44. The molecular weight excluding hydrogens is 336 g/mol. The summed E-state index contributed by atoms with van der Waals surface area (Å²) in [7, 11) is -1.80. The van der Waals surface area contributed by atoms with Crippen molar-refractivity contribution in [1.82, 2.24) is 9.62 Å². The quantitative estimate of drug-likeness (QED) is 0.810. The zero-order valence-corrected chi connectivity index (χ0v) is 15.3. The molecule has 1 fully saturated rings. The van der Waals surface area contributed by atoms with Crippen molar-refractivity contribution in [2.45, 2.75) is 24.7 Å². The van der Waals surface area contributed by atoms with Crippen LogP contribution in [0.1, 0.15) is 18.4 Å². The highest BCUT2D eigenvalue weighted by Gasteiger charge is 2.23. The lowest BCUT2D eigenvalue weighted by atomic mass is 9.97. The number of methoxy groups -OCH3 is 1. The molecule has 0 unspecified atom stereocenters. The van der Waals surface area contributed by atoms with Crippen molar-refractivity contribution in [3.63, 3.8) is 0 Å². The van der Waals surface area contributed by atoms with Crippen LogP contribution in [0, 0.1) is 12.8 Å². The summed E-state index contributed by atoms with van der Waals surface area (Å²) in [6, 6.07) is 4.96. The van der Waals surface area contributed by atoms with Crippen molar-refractivity contribution in [1.29, 1.82) is 0 Å². The summed E-state index contributed by atoms with van der Waals surface area (Å²) in [5.41, 5.74) is 0.594. The number of likely N-dealkylation sites (tertiary alicyclic amines) is 1. The molecule has 1 aliphatic rings. The van der Waals surface area contributed by atoms with Crippen LogP contribution >= 0.6 is 11.6 Å². The molecule has 5 nitrogen and oxygen atoms in total. The van der Waals surface area contributed by atoms with Gasteiger partial charge in [-0.15, -0.1) is 0 Å². The number of sulfonamides is 1. The van der Waals surface area contributed by atoms with Gasteiger partial charge in [-0.25, -0.2) is 13.1 Å². The van der Waals surface area contributed by atoms with E-state index in [0.29, 0.717) is 23.0 Å². The van der Waals surface area contributed by atoms with Crippen LogP contribution in [0.3, 0.4) is 0 Å². The van der Waals surface area contributed by atoms with Crippen LogP contribution in [0.5, 0.6) is 0 Å². The number of ether oxygens (including phenoxy) is 1. The summed E-state index contributed by atoms with van der Waals surface area (Å²) in [5.74, 6) is 0.378. The molecule has 0 atom stereocenters. The van der Waals surface area contributed by atoms with Crippen molar-refractivity contribution in [2.75, 3.05) is 39.9 Å². The first kappa shape index (κ1) is 18.7. The molecule has 1 heterocycles. The van der Waals surface area contributed by atoms with E-state index in [-0.39, 0.29) is 4.90 Å². The van der Waals surface area contributed by atoms with Gasteiger partial charge in [-0.1, -0.05) is 17.7 Å². The summed E-state index contributed by atoms with van der Waals surface area (Å²) in [6.07, 6.45) is 2.00. The topological polar surface area (TPSA) is 58.6 Å². The van der Waals surface area contributed by atoms with Crippen LogP contribution in [0.2, 0.25) is 5.02 Å². The standard InChI is InChI=1S/C16H25ClN2O3S/c1-13-15(17)4-3-5-16(13)23(20,21)18-12-14-6-8-19(9-7-14)10-11-22-2/h3-5,14,18H,6-12H2,1-2H3. The lowest BCUT2D eigenvalue weighted by Gasteiger charge is -2.31. The molecule has 0 saturated carbocycles. The summed E-state index contributed by atoms with van der Waals surface area (Å²) < 4.78 is 32.7. The Labute approximate surface area is 144 Å². The summed E-state index contributed by atoms with van der Waals surface area (Å²) in [4.78, 5) is 2.62. The number of nitrogens with zero attached hydrogens (tertiary/aromatic N) is 1. The maximum atomic E-state index is 12.5. The van der Waals surface area contributed by atoms with Crippen LogP contribution in [0.25, 0.3) is 0 Å². The van der Waals surface area contributed by atoms with Gasteiger partial charge in [-0.3, -0.25) is 0 Å². The second-order valence-electron chi connectivity index (χ2n) is 5.99. The van der Waals surface area contributed by atoms with Crippen molar-refractivity contribution in [2.24, 2.45) is 5.92 Å². The third-order valence-electron chi connectivity index (χ3n) is 4.39. The van der Waals surface area contributed by atoms with Gasteiger partial charge in [0.2, 0.25) is 10.0 Å². The Morgan fingerprint density at radius 2 is 2.04 bits per heavy atom. The number of rotatable bonds is 7. The molecule has 130 valence electrons. The summed E-state index contributed by atoms with van der Waals surface area (Å²) in [6.45, 7) is 5.87. The average molecular weight is 361 g/mol. The minimum absolute atomic E-state index is 0.266. The van der Waals surface area contributed by atoms with Crippen LogP contribution < -0.4 is 4.72 Å². The van der Waals surface area contributed by atoms with Gasteiger partial charge in [0.05, 0.1) is 11.5 Å². The lowest BCUT2D eigenvalue weighted by Crippen LogP contribution is -2.39. The van der Waals surface area contributed by atoms with Crippen molar-refractivity contribution in [3.8, 4) is 0 Å². The van der Waals surface area contributed by atoms with E-state index < -0.39 is 10.0 Å². The molecule has 2 rings (SSSR count). The molecule has 23 heavy (non-hydrogen) atoms. The van der Waals surface area contributed by atoms with E-state index in [1.807, 2.05) is 0 Å². The zero-order chi connectivity index (χ0) is 16.9. The van der Waals surface area contributed by atoms with Gasteiger partial charge < -0.3 is 9.64 Å². The number of nitrogens with one attached hydrogen (secondary N) is 1. The molecule has 1 saturated heterocycles. The van der Waals surface area contributed by atoms with E-state index >= 15 is 0 Å². The Kier molecular flexibility index (Phi) is 6.85. The maximum Gasteiger partial charge on any atom is 0.240 e. The third-order valence-corrected chi connectivity index (χ3v) is 6.37. The first-order valence-electron chi connectivity index (χ1n) is 7.90. The number of piperidine rings is 1. The molecule has 1 aromatic carbocycles. The van der Waals surface area contributed by atoms with Gasteiger partial charge in [0, 0.05) is 25.2 Å². The Balaban J connectivity index is 1.87. The fraction of sp³-hybridized carbons (Fsp3) is 0.625. The molecule has 0 aromatic heterocycles. The Hall–Kier alpha value is -0.660. The molecule has 1 N–H and O–H groups in total. The largest absolute Gasteiger partial charge is 0.383 e. The molecule has 0 spiro atoms. The van der Waals surface area contributed by atoms with Gasteiger partial charge in [-0.05, 0) is 56.5 Å². The first-order chi connectivity index (χ1) is 10.9. The minimum Gasteiger partial charge on any atom is -0.383 e. The fourth-order valence-electron chi connectivity index (χ4n) is 2.82. The second-order valence-corrected chi connectivity index (χ2v) is 8.14. The predicted octanol–water partition coefficient (Wildman–Crippen LogP) is 2.29. The van der Waals surface area contributed by atoms with Gasteiger partial charge in [0.1, 0.15) is 0 Å². The molecule has 0 aliphatic carbocycles. The molecular formula is C16H25ClN2O3S. The van der Waals surface area contributed by atoms with E-state index in [4.69, 9.17) is 16.3 Å². The van der Waals surface area contributed by atoms with Crippen molar-refractivity contribution >= 4 is 21.6 Å². The van der Waals surface area contributed by atoms with Gasteiger partial charge >= 0.3 is 0 Å². The molecule has 1 aliphatic heterocycles. The van der Waals surface area contributed by atoms with E-state index in [9.17, 15) is 8.42 Å². The normalized spacial score (nSPS) is 17.5. The highest BCUT2D eigenvalue weighted by Crippen LogP contribution is 2.23. The SMILES string of the molecule is COCCN1CCC(CNS(=O)(=O)c2cccc(Cl)c2C)CC1. The molecule has 0 bridgehead atoms. The Morgan fingerprint density at radius 3 is 2.70 bits per heavy atom. The average Bonchev–Trinajstić information content (AvgIpc) is 2.54. The number of halogens is 1. The van der Waals surface area contributed by atoms with E-state index in [2.05, 4.69) is 9.62 Å². The number of hydrogen-bond donors (Lipinski definition) is 1. The van der Waals surface area contributed by atoms with Crippen LogP contribution in [-0.2, 0) is 14.8 Å². The van der Waals surface area contributed by atoms with E-state index in [0.717, 1.165) is 39.1 Å². The van der Waals surface area contributed by atoms with Crippen LogP contribution in [0.4, 0.5) is 0 Å². The number of hydrogen-bond acceptors (Lipinski definition) is 4. The number of benzene rings is 1. The molecule has 0 radical (unpaired) electrons. The molecule has 7 heteroatoms. The highest BCUT2D eigenvalue weighted by atomic mass is 35.5. The Bertz CT molecular complexity index is 614. The van der Waals surface area contributed by atoms with Crippen molar-refractivity contribution in [3.05, 3.63) is 28.8 Å². The smallest absolute Gasteiger partial charge is 0.240 e. The van der Waals surface area contributed by atoms with Crippen molar-refractivity contribution < 1.29 is 13.2 Å².